The van der Waals surface area contributed by atoms with Crippen LogP contribution >= 0.6 is 11.6 Å². The first-order chi connectivity index (χ1) is 3.13. The molecule has 0 bridgehead atoms. The number of rotatable bonds is 2. The largest absolute Gasteiger partial charge is 0.123 e. The normalized spacial score (nSPS) is 15.0. The zero-order chi connectivity index (χ0) is 5.86. The lowest BCUT2D eigenvalue weighted by molar-refractivity contribution is 0.581. The molecule has 0 unspecified atom stereocenters. The third-order valence-electron chi connectivity index (χ3n) is 0.796. The van der Waals surface area contributed by atoms with Gasteiger partial charge in [-0.2, -0.15) is 0 Å². The summed E-state index contributed by atoms with van der Waals surface area (Å²) in [4.78, 5) is 0. The average Bonchev–Trinajstić information content (AvgIpc) is 1.27. The van der Waals surface area contributed by atoms with E-state index in [9.17, 15) is 0 Å². The first kappa shape index (κ1) is 7.29. The fourth-order valence-corrected chi connectivity index (χ4v) is 1.01. The van der Waals surface area contributed by atoms with Gasteiger partial charge in [-0.25, -0.2) is 0 Å². The molecule has 0 rings (SSSR count). The predicted octanol–water partition coefficient (Wildman–Crippen LogP) is 2.66. The minimum absolute atomic E-state index is 0.347. The monoisotopic (exact) mass is 120 g/mol. The lowest BCUT2D eigenvalue weighted by atomic mass is 10.1. The molecule has 0 heterocycles. The van der Waals surface area contributed by atoms with Crippen LogP contribution in [0.4, 0.5) is 0 Å². The van der Waals surface area contributed by atoms with Crippen molar-refractivity contribution in [1.82, 2.24) is 0 Å². The summed E-state index contributed by atoms with van der Waals surface area (Å²) in [6, 6.07) is 0. The molecule has 0 fully saturated rings. The molecule has 0 nitrogen and oxygen atoms in total. The zero-order valence-electron chi connectivity index (χ0n) is 5.24. The van der Waals surface area contributed by atoms with Crippen molar-refractivity contribution in [2.75, 3.05) is 0 Å². The van der Waals surface area contributed by atoms with Gasteiger partial charge in [0.2, 0.25) is 0 Å². The van der Waals surface area contributed by atoms with E-state index in [2.05, 4.69) is 13.8 Å². The highest BCUT2D eigenvalue weighted by Gasteiger charge is 1.97. The van der Waals surface area contributed by atoms with Crippen LogP contribution in [0.3, 0.4) is 0 Å². The van der Waals surface area contributed by atoms with Gasteiger partial charge in [0, 0.05) is 5.38 Å². The van der Waals surface area contributed by atoms with Gasteiger partial charge in [-0.1, -0.05) is 13.8 Å². The van der Waals surface area contributed by atoms with Crippen molar-refractivity contribution in [1.29, 1.82) is 0 Å². The Bertz CT molecular complexity index is 33.4. The van der Waals surface area contributed by atoms with Crippen LogP contribution in [0.2, 0.25) is 0 Å². The maximum Gasteiger partial charge on any atom is 0.0310 e. The molecule has 0 aromatic heterocycles. The summed E-state index contributed by atoms with van der Waals surface area (Å²) in [5.74, 6) is 0.743. The van der Waals surface area contributed by atoms with E-state index in [4.69, 9.17) is 11.6 Å². The Morgan fingerprint density at radius 2 is 1.71 bits per heavy atom. The van der Waals surface area contributed by atoms with Crippen LogP contribution in [-0.2, 0) is 0 Å². The molecule has 0 aliphatic rings. The van der Waals surface area contributed by atoms with Crippen molar-refractivity contribution in [3.05, 3.63) is 0 Å². The smallest absolute Gasteiger partial charge is 0.0310 e. The standard InChI is InChI=1S/C6H13Cl/c1-5(2)4-6(3)7/h5-6H,4H2,1-3H3/t6-/m0/s1. The Kier molecular flexibility index (Phi) is 3.45. The van der Waals surface area contributed by atoms with E-state index in [1.165, 1.54) is 0 Å². The van der Waals surface area contributed by atoms with E-state index >= 15 is 0 Å². The third kappa shape index (κ3) is 6.29. The molecule has 0 saturated carbocycles. The Morgan fingerprint density at radius 3 is 1.71 bits per heavy atom. The first-order valence-electron chi connectivity index (χ1n) is 2.77. The second-order valence-electron chi connectivity index (χ2n) is 2.41. The first-order valence-corrected chi connectivity index (χ1v) is 3.20. The van der Waals surface area contributed by atoms with Crippen molar-refractivity contribution in [2.24, 2.45) is 5.92 Å². The minimum atomic E-state index is 0.347. The Morgan fingerprint density at radius 1 is 1.29 bits per heavy atom. The topological polar surface area (TPSA) is 0 Å². The molecular weight excluding hydrogens is 108 g/mol. The van der Waals surface area contributed by atoms with Gasteiger partial charge >= 0.3 is 0 Å². The molecule has 0 aliphatic carbocycles. The number of halogens is 1. The second kappa shape index (κ2) is 3.31. The summed E-state index contributed by atoms with van der Waals surface area (Å²) in [6.45, 7) is 6.39. The lowest BCUT2D eigenvalue weighted by Gasteiger charge is -2.03. The summed E-state index contributed by atoms with van der Waals surface area (Å²) in [5, 5.41) is 0.347. The van der Waals surface area contributed by atoms with E-state index in [0.29, 0.717) is 5.38 Å². The molecule has 0 radical (unpaired) electrons. The molecule has 0 N–H and O–H groups in total. The van der Waals surface area contributed by atoms with Crippen LogP contribution in [-0.4, -0.2) is 5.38 Å². The van der Waals surface area contributed by atoms with E-state index in [1.807, 2.05) is 6.92 Å². The predicted molar refractivity (Wildman–Crippen MR) is 34.8 cm³/mol. The second-order valence-corrected chi connectivity index (χ2v) is 3.16. The van der Waals surface area contributed by atoms with E-state index in [-0.39, 0.29) is 0 Å². The lowest BCUT2D eigenvalue weighted by Crippen LogP contribution is -1.96. The maximum atomic E-state index is 5.67. The summed E-state index contributed by atoms with van der Waals surface area (Å²) in [7, 11) is 0. The van der Waals surface area contributed by atoms with E-state index in [1.54, 1.807) is 0 Å². The third-order valence-corrected chi connectivity index (χ3v) is 0.974. The van der Waals surface area contributed by atoms with Gasteiger partial charge in [0.05, 0.1) is 0 Å². The molecule has 0 aromatic rings. The Hall–Kier alpha value is 0.290. The summed E-state index contributed by atoms with van der Waals surface area (Å²) in [6.07, 6.45) is 1.13. The summed E-state index contributed by atoms with van der Waals surface area (Å²) in [5.41, 5.74) is 0. The fourth-order valence-electron chi connectivity index (χ4n) is 0.650. The van der Waals surface area contributed by atoms with Crippen molar-refractivity contribution < 1.29 is 0 Å². The highest BCUT2D eigenvalue weighted by atomic mass is 35.5. The molecule has 0 spiro atoms. The van der Waals surface area contributed by atoms with Crippen LogP contribution in [0.25, 0.3) is 0 Å². The van der Waals surface area contributed by atoms with Gasteiger partial charge in [-0.3, -0.25) is 0 Å². The van der Waals surface area contributed by atoms with E-state index < -0.39 is 0 Å². The average molecular weight is 121 g/mol. The Balaban J connectivity index is 2.95. The SMILES string of the molecule is CC(C)C[C@H](C)Cl. The molecule has 1 atom stereocenters. The maximum absolute atomic E-state index is 5.67. The summed E-state index contributed by atoms with van der Waals surface area (Å²) >= 11 is 5.67. The van der Waals surface area contributed by atoms with Gasteiger partial charge in [0.15, 0.2) is 0 Å². The molecular formula is C6H13Cl. The van der Waals surface area contributed by atoms with Gasteiger partial charge in [0.1, 0.15) is 0 Å². The quantitative estimate of drug-likeness (QED) is 0.492. The minimum Gasteiger partial charge on any atom is -0.123 e. The molecule has 0 saturated heterocycles. The molecule has 44 valence electrons. The van der Waals surface area contributed by atoms with Gasteiger partial charge in [0.25, 0.3) is 0 Å². The molecule has 1 heteroatoms. The van der Waals surface area contributed by atoms with Gasteiger partial charge < -0.3 is 0 Å². The molecule has 0 amide bonds. The van der Waals surface area contributed by atoms with Crippen molar-refractivity contribution in [3.63, 3.8) is 0 Å². The van der Waals surface area contributed by atoms with Gasteiger partial charge in [-0.15, -0.1) is 11.6 Å². The molecule has 0 aromatic carbocycles. The van der Waals surface area contributed by atoms with Crippen LogP contribution in [0.15, 0.2) is 0 Å². The van der Waals surface area contributed by atoms with Crippen molar-refractivity contribution in [2.45, 2.75) is 32.6 Å². The highest BCUT2D eigenvalue weighted by Crippen LogP contribution is 2.08. The van der Waals surface area contributed by atoms with Gasteiger partial charge in [-0.05, 0) is 19.3 Å². The van der Waals surface area contributed by atoms with Crippen LogP contribution < -0.4 is 0 Å². The van der Waals surface area contributed by atoms with Crippen molar-refractivity contribution >= 4 is 11.6 Å². The summed E-state index contributed by atoms with van der Waals surface area (Å²) < 4.78 is 0. The zero-order valence-corrected chi connectivity index (χ0v) is 6.00. The number of hydrogen-bond acceptors (Lipinski definition) is 0. The van der Waals surface area contributed by atoms with Crippen LogP contribution in [0.1, 0.15) is 27.2 Å². The van der Waals surface area contributed by atoms with Crippen molar-refractivity contribution in [3.8, 4) is 0 Å². The molecule has 0 aliphatic heterocycles. The fraction of sp³-hybridized carbons (Fsp3) is 1.00. The van der Waals surface area contributed by atoms with E-state index in [0.717, 1.165) is 12.3 Å². The molecule has 7 heavy (non-hydrogen) atoms. The number of alkyl halides is 1. The Labute approximate surface area is 50.9 Å². The van der Waals surface area contributed by atoms with Crippen LogP contribution in [0, 0.1) is 5.92 Å². The van der Waals surface area contributed by atoms with Crippen LogP contribution in [0.5, 0.6) is 0 Å². The highest BCUT2D eigenvalue weighted by molar-refractivity contribution is 6.20. The number of hydrogen-bond donors (Lipinski definition) is 0.